The third kappa shape index (κ3) is 4.94. The predicted molar refractivity (Wildman–Crippen MR) is 106 cm³/mol. The monoisotopic (exact) mass is 384 g/mol. The molecule has 2 aromatic rings. The molecule has 0 radical (unpaired) electrons. The Morgan fingerprint density at radius 1 is 1.18 bits per heavy atom. The van der Waals surface area contributed by atoms with Gasteiger partial charge in [0.2, 0.25) is 0 Å². The minimum atomic E-state index is -1.06. The van der Waals surface area contributed by atoms with Gasteiger partial charge in [-0.15, -0.1) is 0 Å². The van der Waals surface area contributed by atoms with Crippen molar-refractivity contribution in [3.05, 3.63) is 69.3 Å². The molecule has 0 aliphatic carbocycles. The summed E-state index contributed by atoms with van der Waals surface area (Å²) in [4.78, 5) is 35.2. The van der Waals surface area contributed by atoms with Crippen LogP contribution in [0.5, 0.6) is 0 Å². The van der Waals surface area contributed by atoms with Crippen LogP contribution in [0.1, 0.15) is 54.6 Å². The van der Waals surface area contributed by atoms with Gasteiger partial charge in [0.25, 0.3) is 11.6 Å². The summed E-state index contributed by atoms with van der Waals surface area (Å²) in [6.45, 7) is 7.17. The van der Waals surface area contributed by atoms with Gasteiger partial charge in [0.15, 0.2) is 6.10 Å². The van der Waals surface area contributed by atoms with Gasteiger partial charge in [-0.3, -0.25) is 14.9 Å². The van der Waals surface area contributed by atoms with Crippen LogP contribution in [0, 0.1) is 17.0 Å². The molecular weight excluding hydrogens is 360 g/mol. The second-order valence-electron chi connectivity index (χ2n) is 6.69. The number of carbonyl (C=O) groups is 2. The van der Waals surface area contributed by atoms with Gasteiger partial charge in [-0.2, -0.15) is 0 Å². The zero-order chi connectivity index (χ0) is 20.8. The Labute approximate surface area is 163 Å². The van der Waals surface area contributed by atoms with Gasteiger partial charge in [0.05, 0.1) is 10.5 Å². The van der Waals surface area contributed by atoms with Crippen molar-refractivity contribution >= 4 is 23.3 Å². The highest BCUT2D eigenvalue weighted by Crippen LogP contribution is 2.27. The lowest BCUT2D eigenvalue weighted by atomic mass is 9.97. The number of nitrogens with one attached hydrogen (secondary N) is 1. The van der Waals surface area contributed by atoms with Crippen LogP contribution in [0.2, 0.25) is 0 Å². The van der Waals surface area contributed by atoms with Crippen molar-refractivity contribution < 1.29 is 19.2 Å². The zero-order valence-electron chi connectivity index (χ0n) is 16.4. The fourth-order valence-electron chi connectivity index (χ4n) is 2.71. The number of carbonyl (C=O) groups excluding carboxylic acids is 2. The van der Waals surface area contributed by atoms with Crippen LogP contribution in [0.25, 0.3) is 0 Å². The lowest BCUT2D eigenvalue weighted by Gasteiger charge is -2.18. The number of amides is 1. The Bertz CT molecular complexity index is 894. The Morgan fingerprint density at radius 3 is 2.50 bits per heavy atom. The van der Waals surface area contributed by atoms with Crippen LogP contribution < -0.4 is 5.32 Å². The molecule has 7 nitrogen and oxygen atoms in total. The lowest BCUT2D eigenvalue weighted by Crippen LogP contribution is -2.30. The highest BCUT2D eigenvalue weighted by atomic mass is 16.6. The number of ether oxygens (including phenoxy) is 1. The van der Waals surface area contributed by atoms with Crippen molar-refractivity contribution in [2.75, 3.05) is 5.32 Å². The number of esters is 1. The van der Waals surface area contributed by atoms with Gasteiger partial charge < -0.3 is 10.1 Å². The number of hydrogen-bond acceptors (Lipinski definition) is 5. The topological polar surface area (TPSA) is 98.5 Å². The van der Waals surface area contributed by atoms with E-state index in [-0.39, 0.29) is 17.2 Å². The van der Waals surface area contributed by atoms with Gasteiger partial charge >= 0.3 is 5.97 Å². The van der Waals surface area contributed by atoms with Gasteiger partial charge in [-0.25, -0.2) is 4.79 Å². The summed E-state index contributed by atoms with van der Waals surface area (Å²) in [5, 5.41) is 13.8. The van der Waals surface area contributed by atoms with Crippen molar-refractivity contribution in [1.29, 1.82) is 0 Å². The van der Waals surface area contributed by atoms with Crippen LogP contribution in [0.4, 0.5) is 11.4 Å². The standard InChI is InChI=1S/C21H24N2O5/c1-5-13(2)17-8-6-7-9-18(17)22-20(24)15(4)28-21(25)16-11-10-14(3)19(12-16)23(26)27/h6-13,15H,5H2,1-4H3,(H,22,24)/t13-,15-/m1/s1. The lowest BCUT2D eigenvalue weighted by molar-refractivity contribution is -0.385. The van der Waals surface area contributed by atoms with Gasteiger partial charge in [-0.1, -0.05) is 38.1 Å². The minimum Gasteiger partial charge on any atom is -0.449 e. The summed E-state index contributed by atoms with van der Waals surface area (Å²) >= 11 is 0. The average molecular weight is 384 g/mol. The summed E-state index contributed by atoms with van der Waals surface area (Å²) < 4.78 is 5.20. The number of hydrogen-bond donors (Lipinski definition) is 1. The molecular formula is C21H24N2O5. The first kappa shape index (κ1) is 21.1. The Morgan fingerprint density at radius 2 is 1.86 bits per heavy atom. The first-order valence-electron chi connectivity index (χ1n) is 9.10. The van der Waals surface area contributed by atoms with E-state index >= 15 is 0 Å². The van der Waals surface area contributed by atoms with E-state index in [1.54, 1.807) is 13.0 Å². The fraction of sp³-hybridized carbons (Fsp3) is 0.333. The number of benzene rings is 2. The molecule has 0 saturated heterocycles. The summed E-state index contributed by atoms with van der Waals surface area (Å²) in [6, 6.07) is 11.5. The van der Waals surface area contributed by atoms with E-state index in [1.165, 1.54) is 19.1 Å². The molecule has 2 rings (SSSR count). The summed E-state index contributed by atoms with van der Waals surface area (Å²) in [7, 11) is 0. The fourth-order valence-corrected chi connectivity index (χ4v) is 2.71. The van der Waals surface area contributed by atoms with Gasteiger partial charge in [-0.05, 0) is 43.9 Å². The molecule has 0 aliphatic heterocycles. The zero-order valence-corrected chi connectivity index (χ0v) is 16.4. The van der Waals surface area contributed by atoms with E-state index < -0.39 is 22.9 Å². The Balaban J connectivity index is 2.10. The van der Waals surface area contributed by atoms with E-state index in [9.17, 15) is 19.7 Å². The van der Waals surface area contributed by atoms with Gasteiger partial charge in [0, 0.05) is 17.3 Å². The molecule has 0 bridgehead atoms. The summed E-state index contributed by atoms with van der Waals surface area (Å²) in [6.07, 6.45) is -0.137. The predicted octanol–water partition coefficient (Wildman–Crippen LogP) is 4.60. The largest absolute Gasteiger partial charge is 0.449 e. The van der Waals surface area contributed by atoms with E-state index in [0.717, 1.165) is 18.1 Å². The van der Waals surface area contributed by atoms with E-state index in [1.807, 2.05) is 18.2 Å². The normalized spacial score (nSPS) is 12.7. The van der Waals surface area contributed by atoms with Gasteiger partial charge in [0.1, 0.15) is 0 Å². The highest BCUT2D eigenvalue weighted by Gasteiger charge is 2.22. The molecule has 2 aromatic carbocycles. The summed E-state index contributed by atoms with van der Waals surface area (Å²) in [5.41, 5.74) is 1.97. The molecule has 0 aliphatic rings. The maximum Gasteiger partial charge on any atom is 0.339 e. The quantitative estimate of drug-likeness (QED) is 0.427. The van der Waals surface area contributed by atoms with Crippen LogP contribution in [-0.4, -0.2) is 22.9 Å². The number of para-hydroxylation sites is 1. The number of nitrogens with zero attached hydrogens (tertiary/aromatic N) is 1. The number of nitro benzene ring substituents is 1. The molecule has 28 heavy (non-hydrogen) atoms. The number of anilines is 1. The molecule has 2 atom stereocenters. The molecule has 0 fully saturated rings. The molecule has 0 saturated carbocycles. The van der Waals surface area contributed by atoms with E-state index in [4.69, 9.17) is 4.74 Å². The summed E-state index contributed by atoms with van der Waals surface area (Å²) in [5.74, 6) is -0.992. The average Bonchev–Trinajstić information content (AvgIpc) is 2.67. The van der Waals surface area contributed by atoms with Crippen molar-refractivity contribution in [3.63, 3.8) is 0 Å². The Kier molecular flexibility index (Phi) is 6.87. The molecule has 148 valence electrons. The number of rotatable bonds is 7. The molecule has 1 amide bonds. The first-order valence-corrected chi connectivity index (χ1v) is 9.10. The van der Waals surface area contributed by atoms with Crippen molar-refractivity contribution in [3.8, 4) is 0 Å². The van der Waals surface area contributed by atoms with Crippen LogP contribution in [0.15, 0.2) is 42.5 Å². The van der Waals surface area contributed by atoms with E-state index in [2.05, 4.69) is 19.2 Å². The first-order chi connectivity index (χ1) is 13.2. The van der Waals surface area contributed by atoms with Crippen molar-refractivity contribution in [2.45, 2.75) is 46.1 Å². The second kappa shape index (κ2) is 9.12. The molecule has 0 spiro atoms. The van der Waals surface area contributed by atoms with E-state index in [0.29, 0.717) is 11.3 Å². The number of nitro groups is 1. The SMILES string of the molecule is CC[C@@H](C)c1ccccc1NC(=O)[C@@H](C)OC(=O)c1ccc(C)c([N+](=O)[O-])c1. The van der Waals surface area contributed by atoms with Crippen LogP contribution in [-0.2, 0) is 9.53 Å². The third-order valence-corrected chi connectivity index (χ3v) is 4.66. The van der Waals surface area contributed by atoms with Crippen LogP contribution in [0.3, 0.4) is 0 Å². The molecule has 1 N–H and O–H groups in total. The minimum absolute atomic E-state index is 0.0250. The smallest absolute Gasteiger partial charge is 0.339 e. The van der Waals surface area contributed by atoms with Crippen molar-refractivity contribution in [2.24, 2.45) is 0 Å². The number of aryl methyl sites for hydroxylation is 1. The highest BCUT2D eigenvalue weighted by molar-refractivity contribution is 5.98. The maximum atomic E-state index is 12.5. The molecule has 0 heterocycles. The molecule has 7 heteroatoms. The second-order valence-corrected chi connectivity index (χ2v) is 6.69. The maximum absolute atomic E-state index is 12.5. The van der Waals surface area contributed by atoms with Crippen LogP contribution >= 0.6 is 0 Å². The van der Waals surface area contributed by atoms with Crippen molar-refractivity contribution in [1.82, 2.24) is 0 Å². The molecule has 0 unspecified atom stereocenters. The molecule has 0 aromatic heterocycles. The Hall–Kier alpha value is -3.22. The third-order valence-electron chi connectivity index (χ3n) is 4.66.